The molecule has 1 fully saturated rings. The Morgan fingerprint density at radius 2 is 2.07 bits per heavy atom. The molecule has 1 aliphatic heterocycles. The lowest BCUT2D eigenvalue weighted by Crippen LogP contribution is -2.53. The summed E-state index contributed by atoms with van der Waals surface area (Å²) in [7, 11) is 1.69. The molecule has 1 amide bonds. The normalized spacial score (nSPS) is 15.1. The van der Waals surface area contributed by atoms with Gasteiger partial charge in [0.25, 0.3) is 0 Å². The number of hydrogen-bond acceptors (Lipinski definition) is 5. The number of piperazine rings is 1. The molecule has 0 atom stereocenters. The van der Waals surface area contributed by atoms with Gasteiger partial charge in [-0.05, 0) is 18.2 Å². The maximum Gasteiger partial charge on any atom is 0.243 e. The van der Waals surface area contributed by atoms with E-state index in [-0.39, 0.29) is 42.2 Å². The summed E-state index contributed by atoms with van der Waals surface area (Å²) < 4.78 is 18.0. The molecule has 1 aliphatic rings. The Morgan fingerprint density at radius 3 is 2.71 bits per heavy atom. The van der Waals surface area contributed by atoms with E-state index in [2.05, 4.69) is 30.6 Å². The van der Waals surface area contributed by atoms with Gasteiger partial charge in [0, 0.05) is 51.5 Å². The van der Waals surface area contributed by atoms with E-state index < -0.39 is 0 Å². The van der Waals surface area contributed by atoms with E-state index >= 15 is 0 Å². The lowest BCUT2D eigenvalue weighted by atomic mass is 10.3. The van der Waals surface area contributed by atoms with Crippen molar-refractivity contribution in [3.63, 3.8) is 0 Å². The Balaban J connectivity index is 0.00000280. The number of carbonyl (C=O) groups excluding carboxylic acids is 1. The third kappa shape index (κ3) is 6.44. The molecule has 0 unspecified atom stereocenters. The van der Waals surface area contributed by atoms with Gasteiger partial charge in [-0.2, -0.15) is 0 Å². The van der Waals surface area contributed by atoms with Crippen molar-refractivity contribution in [2.75, 3.05) is 45.1 Å². The van der Waals surface area contributed by atoms with Crippen molar-refractivity contribution in [2.45, 2.75) is 6.54 Å². The van der Waals surface area contributed by atoms with Crippen LogP contribution in [0.1, 0.15) is 5.69 Å². The van der Waals surface area contributed by atoms with Crippen molar-refractivity contribution in [1.82, 2.24) is 20.3 Å². The first-order valence-electron chi connectivity index (χ1n) is 8.76. The molecule has 0 bridgehead atoms. The molecule has 0 spiro atoms. The van der Waals surface area contributed by atoms with E-state index in [4.69, 9.17) is 4.52 Å². The summed E-state index contributed by atoms with van der Waals surface area (Å²) >= 11 is 0. The van der Waals surface area contributed by atoms with Crippen LogP contribution in [0.25, 0.3) is 0 Å². The fourth-order valence-corrected chi connectivity index (χ4v) is 2.93. The number of benzene rings is 1. The van der Waals surface area contributed by atoms with Crippen LogP contribution in [0.15, 0.2) is 46.1 Å². The first kappa shape index (κ1) is 22.1. The zero-order chi connectivity index (χ0) is 19.1. The second-order valence-electron chi connectivity index (χ2n) is 6.21. The average Bonchev–Trinajstić information content (AvgIpc) is 3.16. The minimum atomic E-state index is -0.389. The molecule has 0 aliphatic carbocycles. The molecule has 152 valence electrons. The monoisotopic (exact) mass is 502 g/mol. The number of rotatable bonds is 5. The van der Waals surface area contributed by atoms with Crippen LogP contribution in [0, 0.1) is 5.82 Å². The fraction of sp³-hybridized carbons (Fsp3) is 0.389. The summed E-state index contributed by atoms with van der Waals surface area (Å²) in [5.74, 6) is 0.0250. The Bertz CT molecular complexity index is 778. The van der Waals surface area contributed by atoms with E-state index in [1.54, 1.807) is 25.4 Å². The number of aliphatic imine (C=N–C) groups is 1. The maximum absolute atomic E-state index is 13.2. The standard InChI is InChI=1S/C18H23FN6O2.HI/c1-20-18(21-12-17(26)22-15-4-2-3-14(19)11-15)25-8-6-24(7-9-25)13-16-5-10-27-23-16;/h2-5,10-11H,6-9,12-13H2,1H3,(H,20,21)(H,22,26);1H. The van der Waals surface area contributed by atoms with Gasteiger partial charge >= 0.3 is 0 Å². The smallest absolute Gasteiger partial charge is 0.243 e. The molecule has 1 aromatic carbocycles. The zero-order valence-electron chi connectivity index (χ0n) is 15.6. The second-order valence-corrected chi connectivity index (χ2v) is 6.21. The van der Waals surface area contributed by atoms with Crippen LogP contribution < -0.4 is 10.6 Å². The Kier molecular flexibility index (Phi) is 8.64. The van der Waals surface area contributed by atoms with Crippen LogP contribution in [-0.4, -0.2) is 66.6 Å². The number of halogens is 2. The fourth-order valence-electron chi connectivity index (χ4n) is 2.93. The van der Waals surface area contributed by atoms with E-state index in [0.29, 0.717) is 11.6 Å². The predicted octanol–water partition coefficient (Wildman–Crippen LogP) is 1.76. The number of anilines is 1. The summed E-state index contributed by atoms with van der Waals surface area (Å²) in [6, 6.07) is 7.67. The zero-order valence-corrected chi connectivity index (χ0v) is 17.9. The Hall–Kier alpha value is -2.21. The summed E-state index contributed by atoms with van der Waals surface area (Å²) in [4.78, 5) is 20.7. The quantitative estimate of drug-likeness (QED) is 0.369. The van der Waals surface area contributed by atoms with Crippen molar-refractivity contribution in [1.29, 1.82) is 0 Å². The van der Waals surface area contributed by atoms with E-state index in [1.165, 1.54) is 12.1 Å². The van der Waals surface area contributed by atoms with Crippen molar-refractivity contribution < 1.29 is 13.7 Å². The molecule has 2 N–H and O–H groups in total. The second kappa shape index (κ2) is 11.0. The van der Waals surface area contributed by atoms with Gasteiger partial charge in [0.05, 0.1) is 12.2 Å². The van der Waals surface area contributed by atoms with Gasteiger partial charge in [-0.3, -0.25) is 14.7 Å². The highest BCUT2D eigenvalue weighted by Crippen LogP contribution is 2.09. The highest BCUT2D eigenvalue weighted by Gasteiger charge is 2.20. The van der Waals surface area contributed by atoms with Crippen molar-refractivity contribution >= 4 is 41.5 Å². The van der Waals surface area contributed by atoms with Crippen LogP contribution in [0.2, 0.25) is 0 Å². The van der Waals surface area contributed by atoms with Gasteiger partial charge in [-0.1, -0.05) is 11.2 Å². The predicted molar refractivity (Wildman–Crippen MR) is 115 cm³/mol. The van der Waals surface area contributed by atoms with E-state index in [0.717, 1.165) is 38.4 Å². The number of carbonyl (C=O) groups is 1. The number of nitrogens with one attached hydrogen (secondary N) is 2. The average molecular weight is 502 g/mol. The highest BCUT2D eigenvalue weighted by molar-refractivity contribution is 14.0. The number of amides is 1. The van der Waals surface area contributed by atoms with Crippen molar-refractivity contribution in [2.24, 2.45) is 4.99 Å². The van der Waals surface area contributed by atoms with E-state index in [1.807, 2.05) is 6.07 Å². The molecule has 10 heteroatoms. The van der Waals surface area contributed by atoms with Crippen molar-refractivity contribution in [3.8, 4) is 0 Å². The molecular formula is C18H24FIN6O2. The first-order chi connectivity index (χ1) is 13.1. The highest BCUT2D eigenvalue weighted by atomic mass is 127. The Morgan fingerprint density at radius 1 is 1.29 bits per heavy atom. The third-order valence-corrected chi connectivity index (χ3v) is 4.28. The molecule has 1 saturated heterocycles. The molecule has 1 aromatic heterocycles. The topological polar surface area (TPSA) is 86.0 Å². The maximum atomic E-state index is 13.2. The van der Waals surface area contributed by atoms with Crippen LogP contribution in [0.5, 0.6) is 0 Å². The lowest BCUT2D eigenvalue weighted by molar-refractivity contribution is -0.115. The van der Waals surface area contributed by atoms with Crippen LogP contribution in [-0.2, 0) is 11.3 Å². The lowest BCUT2D eigenvalue weighted by Gasteiger charge is -2.36. The van der Waals surface area contributed by atoms with Crippen LogP contribution in [0.3, 0.4) is 0 Å². The van der Waals surface area contributed by atoms with Gasteiger partial charge < -0.3 is 20.1 Å². The van der Waals surface area contributed by atoms with Crippen molar-refractivity contribution in [3.05, 3.63) is 48.1 Å². The molecular weight excluding hydrogens is 478 g/mol. The number of hydrogen-bond donors (Lipinski definition) is 2. The molecule has 2 aromatic rings. The van der Waals surface area contributed by atoms with Crippen LogP contribution in [0.4, 0.5) is 10.1 Å². The number of aromatic nitrogens is 1. The van der Waals surface area contributed by atoms with Gasteiger partial charge in [0.15, 0.2) is 5.96 Å². The van der Waals surface area contributed by atoms with Gasteiger partial charge in [-0.15, -0.1) is 24.0 Å². The summed E-state index contributed by atoms with van der Waals surface area (Å²) in [5, 5.41) is 9.65. The van der Waals surface area contributed by atoms with Gasteiger partial charge in [-0.25, -0.2) is 4.39 Å². The van der Waals surface area contributed by atoms with E-state index in [9.17, 15) is 9.18 Å². The molecule has 0 radical (unpaired) electrons. The minimum Gasteiger partial charge on any atom is -0.364 e. The van der Waals surface area contributed by atoms with Gasteiger partial charge in [0.1, 0.15) is 12.1 Å². The Labute approximate surface area is 180 Å². The molecule has 28 heavy (non-hydrogen) atoms. The number of guanidine groups is 1. The van der Waals surface area contributed by atoms with Crippen LogP contribution >= 0.6 is 24.0 Å². The number of nitrogens with zero attached hydrogens (tertiary/aromatic N) is 4. The minimum absolute atomic E-state index is 0. The molecule has 8 nitrogen and oxygen atoms in total. The first-order valence-corrected chi connectivity index (χ1v) is 8.76. The third-order valence-electron chi connectivity index (χ3n) is 4.28. The van der Waals surface area contributed by atoms with Gasteiger partial charge in [0.2, 0.25) is 5.91 Å². The molecule has 3 rings (SSSR count). The summed E-state index contributed by atoms with van der Waals surface area (Å²) in [6.45, 7) is 4.13. The molecule has 0 saturated carbocycles. The molecule has 2 heterocycles. The summed E-state index contributed by atoms with van der Waals surface area (Å²) in [5.41, 5.74) is 1.35. The SMILES string of the molecule is CN=C(NCC(=O)Nc1cccc(F)c1)N1CCN(Cc2ccon2)CC1.I. The summed E-state index contributed by atoms with van der Waals surface area (Å²) in [6.07, 6.45) is 1.58. The largest absolute Gasteiger partial charge is 0.364 e.